The molecule has 0 aliphatic carbocycles. The molecule has 0 bridgehead atoms. The first-order valence-corrected chi connectivity index (χ1v) is 5.80. The Morgan fingerprint density at radius 3 is 2.23 bits per heavy atom. The van der Waals surface area contributed by atoms with Crippen molar-refractivity contribution >= 4 is 0 Å². The Balaban J connectivity index is 3.18. The van der Waals surface area contributed by atoms with E-state index in [4.69, 9.17) is 0 Å². The molecular weight excluding hydrogens is 156 g/mol. The van der Waals surface area contributed by atoms with Crippen molar-refractivity contribution in [2.24, 2.45) is 11.3 Å². The van der Waals surface area contributed by atoms with Gasteiger partial charge in [-0.05, 0) is 24.2 Å². The third kappa shape index (κ3) is 9.92. The van der Waals surface area contributed by atoms with Crippen LogP contribution in [-0.4, -0.2) is 0 Å². The topological polar surface area (TPSA) is 0 Å². The molecular formula is C13H27. The van der Waals surface area contributed by atoms with Crippen molar-refractivity contribution in [1.29, 1.82) is 0 Å². The van der Waals surface area contributed by atoms with Gasteiger partial charge in [-0.25, -0.2) is 0 Å². The molecule has 0 aromatic carbocycles. The first-order chi connectivity index (χ1) is 5.95. The van der Waals surface area contributed by atoms with Crippen molar-refractivity contribution < 1.29 is 0 Å². The Morgan fingerprint density at radius 2 is 1.77 bits per heavy atom. The Labute approximate surface area is 85.1 Å². The number of unbranched alkanes of at least 4 members (excludes halogenated alkanes) is 2. The second-order valence-electron chi connectivity index (χ2n) is 5.37. The lowest BCUT2D eigenvalue weighted by Crippen LogP contribution is -2.05. The molecule has 0 aliphatic heterocycles. The van der Waals surface area contributed by atoms with E-state index >= 15 is 0 Å². The van der Waals surface area contributed by atoms with Crippen LogP contribution >= 0.6 is 0 Å². The number of hydrogen-bond acceptors (Lipinski definition) is 0. The Hall–Kier alpha value is 0. The van der Waals surface area contributed by atoms with Crippen molar-refractivity contribution in [2.75, 3.05) is 0 Å². The molecule has 1 radical (unpaired) electrons. The van der Waals surface area contributed by atoms with E-state index in [1.807, 2.05) is 0 Å². The molecule has 0 saturated heterocycles. The smallest absolute Gasteiger partial charge is 0.0332 e. The van der Waals surface area contributed by atoms with Crippen LogP contribution in [0.25, 0.3) is 0 Å². The highest BCUT2D eigenvalue weighted by molar-refractivity contribution is 4.79. The van der Waals surface area contributed by atoms with Crippen molar-refractivity contribution in [1.82, 2.24) is 0 Å². The number of hydrogen-bond donors (Lipinski definition) is 0. The molecule has 0 spiro atoms. The SMILES string of the molecule is CCC(C)CCCC[CH]C(C)(C)C. The first-order valence-electron chi connectivity index (χ1n) is 5.80. The maximum absolute atomic E-state index is 2.45. The molecule has 79 valence electrons. The molecule has 0 aliphatic rings. The maximum atomic E-state index is 2.45. The zero-order valence-electron chi connectivity index (χ0n) is 10.2. The minimum absolute atomic E-state index is 0.413. The van der Waals surface area contributed by atoms with Gasteiger partial charge in [-0.1, -0.05) is 60.3 Å². The van der Waals surface area contributed by atoms with Crippen LogP contribution in [0.3, 0.4) is 0 Å². The van der Waals surface area contributed by atoms with Gasteiger partial charge in [-0.15, -0.1) is 0 Å². The lowest BCUT2D eigenvalue weighted by Gasteiger charge is -2.17. The summed E-state index contributed by atoms with van der Waals surface area (Å²) >= 11 is 0. The summed E-state index contributed by atoms with van der Waals surface area (Å²) < 4.78 is 0. The van der Waals surface area contributed by atoms with Crippen LogP contribution in [0, 0.1) is 17.8 Å². The van der Waals surface area contributed by atoms with E-state index in [0.717, 1.165) is 5.92 Å². The highest BCUT2D eigenvalue weighted by Gasteiger charge is 2.09. The van der Waals surface area contributed by atoms with Gasteiger partial charge in [-0.2, -0.15) is 0 Å². The van der Waals surface area contributed by atoms with E-state index < -0.39 is 0 Å². The molecule has 0 rings (SSSR count). The second-order valence-corrected chi connectivity index (χ2v) is 5.37. The predicted octanol–water partition coefficient (Wildman–Crippen LogP) is 4.84. The van der Waals surface area contributed by atoms with Gasteiger partial charge >= 0.3 is 0 Å². The van der Waals surface area contributed by atoms with Crippen LogP contribution in [0.15, 0.2) is 0 Å². The van der Waals surface area contributed by atoms with Crippen molar-refractivity contribution in [3.05, 3.63) is 6.42 Å². The molecule has 0 heteroatoms. The van der Waals surface area contributed by atoms with Gasteiger partial charge in [0.05, 0.1) is 0 Å². The summed E-state index contributed by atoms with van der Waals surface area (Å²) in [6.45, 7) is 11.5. The molecule has 0 heterocycles. The van der Waals surface area contributed by atoms with E-state index in [9.17, 15) is 0 Å². The lowest BCUT2D eigenvalue weighted by molar-refractivity contribution is 0.444. The van der Waals surface area contributed by atoms with Crippen LogP contribution < -0.4 is 0 Å². The largest absolute Gasteiger partial charge is 0.0651 e. The van der Waals surface area contributed by atoms with Crippen LogP contribution in [0.2, 0.25) is 0 Å². The molecule has 13 heavy (non-hydrogen) atoms. The summed E-state index contributed by atoms with van der Waals surface area (Å²) in [5.41, 5.74) is 0.413. The zero-order valence-corrected chi connectivity index (χ0v) is 10.2. The predicted molar refractivity (Wildman–Crippen MR) is 61.7 cm³/mol. The lowest BCUT2D eigenvalue weighted by atomic mass is 9.89. The molecule has 0 amide bonds. The van der Waals surface area contributed by atoms with Crippen molar-refractivity contribution in [2.45, 2.75) is 66.7 Å². The van der Waals surface area contributed by atoms with Gasteiger partial charge in [0.2, 0.25) is 0 Å². The molecule has 1 atom stereocenters. The van der Waals surface area contributed by atoms with Gasteiger partial charge in [0.25, 0.3) is 0 Å². The first kappa shape index (κ1) is 13.0. The zero-order chi connectivity index (χ0) is 10.3. The highest BCUT2D eigenvalue weighted by atomic mass is 14.1. The van der Waals surface area contributed by atoms with E-state index in [-0.39, 0.29) is 0 Å². The summed E-state index contributed by atoms with van der Waals surface area (Å²) in [6.07, 6.45) is 9.27. The Morgan fingerprint density at radius 1 is 1.15 bits per heavy atom. The normalized spacial score (nSPS) is 14.5. The second kappa shape index (κ2) is 6.45. The van der Waals surface area contributed by atoms with Crippen LogP contribution in [0.4, 0.5) is 0 Å². The fourth-order valence-corrected chi connectivity index (χ4v) is 1.38. The summed E-state index contributed by atoms with van der Waals surface area (Å²) in [5.74, 6) is 0.926. The minimum Gasteiger partial charge on any atom is -0.0651 e. The van der Waals surface area contributed by atoms with E-state index in [1.54, 1.807) is 0 Å². The fourth-order valence-electron chi connectivity index (χ4n) is 1.38. The van der Waals surface area contributed by atoms with E-state index in [1.165, 1.54) is 32.1 Å². The van der Waals surface area contributed by atoms with Gasteiger partial charge < -0.3 is 0 Å². The monoisotopic (exact) mass is 183 g/mol. The van der Waals surface area contributed by atoms with E-state index in [0.29, 0.717) is 5.41 Å². The summed E-state index contributed by atoms with van der Waals surface area (Å²) in [6, 6.07) is 0. The Bertz CT molecular complexity index is 108. The average molecular weight is 183 g/mol. The standard InChI is InChI=1S/C13H27/c1-6-12(2)10-8-7-9-11-13(3,4)5/h11-12H,6-10H2,1-5H3. The van der Waals surface area contributed by atoms with Gasteiger partial charge in [0.1, 0.15) is 0 Å². The molecule has 0 fully saturated rings. The van der Waals surface area contributed by atoms with Gasteiger partial charge in [-0.3, -0.25) is 0 Å². The molecule has 0 aromatic rings. The van der Waals surface area contributed by atoms with Crippen molar-refractivity contribution in [3.8, 4) is 0 Å². The minimum atomic E-state index is 0.413. The number of rotatable bonds is 6. The third-order valence-electron chi connectivity index (χ3n) is 2.60. The third-order valence-corrected chi connectivity index (χ3v) is 2.60. The molecule has 0 nitrogen and oxygen atoms in total. The molecule has 0 N–H and O–H groups in total. The van der Waals surface area contributed by atoms with Crippen molar-refractivity contribution in [3.63, 3.8) is 0 Å². The van der Waals surface area contributed by atoms with Gasteiger partial charge in [0.15, 0.2) is 0 Å². The van der Waals surface area contributed by atoms with Crippen LogP contribution in [0.1, 0.15) is 66.7 Å². The summed E-state index contributed by atoms with van der Waals surface area (Å²) in [5, 5.41) is 0. The maximum Gasteiger partial charge on any atom is -0.0332 e. The van der Waals surface area contributed by atoms with E-state index in [2.05, 4.69) is 41.0 Å². The molecule has 0 saturated carbocycles. The van der Waals surface area contributed by atoms with Crippen LogP contribution in [0.5, 0.6) is 0 Å². The quantitative estimate of drug-likeness (QED) is 0.517. The summed E-state index contributed by atoms with van der Waals surface area (Å²) in [7, 11) is 0. The Kier molecular flexibility index (Phi) is 6.45. The summed E-state index contributed by atoms with van der Waals surface area (Å²) in [4.78, 5) is 0. The average Bonchev–Trinajstić information content (AvgIpc) is 2.01. The molecule has 1 unspecified atom stereocenters. The highest BCUT2D eigenvalue weighted by Crippen LogP contribution is 2.22. The fraction of sp³-hybridized carbons (Fsp3) is 0.923. The van der Waals surface area contributed by atoms with Gasteiger partial charge in [0, 0.05) is 0 Å². The molecule has 0 aromatic heterocycles. The van der Waals surface area contributed by atoms with Crippen LogP contribution in [-0.2, 0) is 0 Å².